The quantitative estimate of drug-likeness (QED) is 0.577. The van der Waals surface area contributed by atoms with Crippen molar-refractivity contribution in [3.63, 3.8) is 0 Å². The lowest BCUT2D eigenvalue weighted by Crippen LogP contribution is -2.35. The Morgan fingerprint density at radius 1 is 1.13 bits per heavy atom. The van der Waals surface area contributed by atoms with Crippen molar-refractivity contribution < 1.29 is 14.7 Å². The Morgan fingerprint density at radius 2 is 1.83 bits per heavy atom. The summed E-state index contributed by atoms with van der Waals surface area (Å²) in [5.74, 6) is -0.762. The minimum Gasteiger partial charge on any atom is -0.508 e. The third-order valence-electron chi connectivity index (χ3n) is 2.82. The Hall–Kier alpha value is -2.86. The smallest absolute Gasteiger partial charge is 0.259 e. The molecule has 2 aromatic rings. The summed E-state index contributed by atoms with van der Waals surface area (Å²) in [6.45, 7) is -0.225. The van der Waals surface area contributed by atoms with E-state index >= 15 is 0 Å². The zero-order valence-corrected chi connectivity index (χ0v) is 12.7. The Morgan fingerprint density at radius 3 is 2.52 bits per heavy atom. The first-order valence-electron chi connectivity index (χ1n) is 6.70. The van der Waals surface area contributed by atoms with Crippen molar-refractivity contribution in [2.75, 3.05) is 6.54 Å². The highest BCUT2D eigenvalue weighted by molar-refractivity contribution is 6.33. The van der Waals surface area contributed by atoms with E-state index in [1.54, 1.807) is 36.4 Å². The second kappa shape index (κ2) is 7.95. The largest absolute Gasteiger partial charge is 0.508 e. The zero-order chi connectivity index (χ0) is 16.7. The van der Waals surface area contributed by atoms with E-state index in [1.807, 2.05) is 0 Å². The number of nitrogens with one attached hydrogen (secondary N) is 2. The number of rotatable bonds is 5. The van der Waals surface area contributed by atoms with Gasteiger partial charge in [0.2, 0.25) is 0 Å². The molecule has 23 heavy (non-hydrogen) atoms. The normalized spacial score (nSPS) is 10.5. The number of phenolic OH excluding ortho intramolecular Hbond substituents is 1. The molecule has 2 amide bonds. The molecular weight excluding hydrogens is 318 g/mol. The van der Waals surface area contributed by atoms with Gasteiger partial charge in [0.25, 0.3) is 11.8 Å². The number of halogens is 1. The first kappa shape index (κ1) is 16.5. The van der Waals surface area contributed by atoms with E-state index in [9.17, 15) is 9.59 Å². The SMILES string of the molecule is O=C(CNC(=O)c1ccccc1Cl)NN=Cc1ccc(O)cc1. The molecule has 0 spiro atoms. The van der Waals surface area contributed by atoms with Crippen LogP contribution in [0.5, 0.6) is 5.75 Å². The van der Waals surface area contributed by atoms with Crippen molar-refractivity contribution in [1.29, 1.82) is 0 Å². The number of hydrogen-bond acceptors (Lipinski definition) is 4. The zero-order valence-electron chi connectivity index (χ0n) is 12.0. The topological polar surface area (TPSA) is 90.8 Å². The maximum Gasteiger partial charge on any atom is 0.259 e. The van der Waals surface area contributed by atoms with Gasteiger partial charge in [-0.25, -0.2) is 5.43 Å². The van der Waals surface area contributed by atoms with Crippen molar-refractivity contribution in [2.24, 2.45) is 5.10 Å². The van der Waals surface area contributed by atoms with Crippen molar-refractivity contribution in [2.45, 2.75) is 0 Å². The molecule has 0 fully saturated rings. The van der Waals surface area contributed by atoms with Gasteiger partial charge < -0.3 is 10.4 Å². The van der Waals surface area contributed by atoms with Crippen LogP contribution in [0.25, 0.3) is 0 Å². The number of nitrogens with zero attached hydrogens (tertiary/aromatic N) is 1. The van der Waals surface area contributed by atoms with Gasteiger partial charge in [0.1, 0.15) is 5.75 Å². The molecule has 0 saturated carbocycles. The second-order valence-corrected chi connectivity index (χ2v) is 4.95. The van der Waals surface area contributed by atoms with Crippen LogP contribution in [0, 0.1) is 0 Å². The van der Waals surface area contributed by atoms with Crippen LogP contribution in [-0.2, 0) is 4.79 Å². The molecule has 0 aromatic heterocycles. The number of aromatic hydroxyl groups is 1. The summed E-state index contributed by atoms with van der Waals surface area (Å²) in [5, 5.41) is 15.7. The van der Waals surface area contributed by atoms with E-state index in [1.165, 1.54) is 18.3 Å². The number of phenols is 1. The van der Waals surface area contributed by atoms with Crippen LogP contribution in [0.1, 0.15) is 15.9 Å². The lowest BCUT2D eigenvalue weighted by Gasteiger charge is -2.05. The van der Waals surface area contributed by atoms with Gasteiger partial charge in [0, 0.05) is 0 Å². The average molecular weight is 332 g/mol. The first-order valence-corrected chi connectivity index (χ1v) is 7.08. The predicted molar refractivity (Wildman–Crippen MR) is 87.6 cm³/mol. The van der Waals surface area contributed by atoms with Crippen LogP contribution in [0.2, 0.25) is 5.02 Å². The molecule has 0 radical (unpaired) electrons. The highest BCUT2D eigenvalue weighted by Gasteiger charge is 2.10. The lowest BCUT2D eigenvalue weighted by atomic mass is 10.2. The fraction of sp³-hybridized carbons (Fsp3) is 0.0625. The van der Waals surface area contributed by atoms with Gasteiger partial charge in [-0.15, -0.1) is 0 Å². The van der Waals surface area contributed by atoms with Crippen LogP contribution in [-0.4, -0.2) is 29.7 Å². The summed E-state index contributed by atoms with van der Waals surface area (Å²) in [5.41, 5.74) is 3.30. The van der Waals surface area contributed by atoms with Crippen LogP contribution >= 0.6 is 11.6 Å². The van der Waals surface area contributed by atoms with Crippen molar-refractivity contribution in [3.05, 3.63) is 64.7 Å². The van der Waals surface area contributed by atoms with Crippen LogP contribution < -0.4 is 10.7 Å². The maximum atomic E-state index is 11.9. The standard InChI is InChI=1S/C16H14ClN3O3/c17-14-4-2-1-3-13(14)16(23)18-10-15(22)20-19-9-11-5-7-12(21)8-6-11/h1-9,21H,10H2,(H,18,23)(H,20,22). The first-order chi connectivity index (χ1) is 11.1. The van der Waals surface area contributed by atoms with Gasteiger partial charge in [-0.05, 0) is 42.0 Å². The summed E-state index contributed by atoms with van der Waals surface area (Å²) in [7, 11) is 0. The number of hydrazone groups is 1. The second-order valence-electron chi connectivity index (χ2n) is 4.55. The van der Waals surface area contributed by atoms with Crippen molar-refractivity contribution in [1.82, 2.24) is 10.7 Å². The number of amides is 2. The van der Waals surface area contributed by atoms with Crippen LogP contribution in [0.4, 0.5) is 0 Å². The minimum absolute atomic E-state index is 0.147. The van der Waals surface area contributed by atoms with Crippen molar-refractivity contribution in [3.8, 4) is 5.75 Å². The fourth-order valence-electron chi connectivity index (χ4n) is 1.68. The van der Waals surface area contributed by atoms with E-state index in [2.05, 4.69) is 15.8 Å². The third-order valence-corrected chi connectivity index (χ3v) is 3.15. The third kappa shape index (κ3) is 5.12. The molecule has 0 unspecified atom stereocenters. The van der Waals surface area contributed by atoms with E-state index < -0.39 is 11.8 Å². The maximum absolute atomic E-state index is 11.9. The summed E-state index contributed by atoms with van der Waals surface area (Å²) in [6, 6.07) is 12.9. The highest BCUT2D eigenvalue weighted by atomic mass is 35.5. The van der Waals surface area contributed by atoms with E-state index in [4.69, 9.17) is 16.7 Å². The van der Waals surface area contributed by atoms with Gasteiger partial charge in [-0.1, -0.05) is 23.7 Å². The number of benzene rings is 2. The summed E-state index contributed by atoms with van der Waals surface area (Å²) in [4.78, 5) is 23.5. The molecule has 2 rings (SSSR count). The van der Waals surface area contributed by atoms with Gasteiger partial charge in [-0.3, -0.25) is 9.59 Å². The van der Waals surface area contributed by atoms with Gasteiger partial charge in [0.05, 0.1) is 23.3 Å². The molecule has 6 nitrogen and oxygen atoms in total. The Bertz CT molecular complexity index is 730. The summed E-state index contributed by atoms with van der Waals surface area (Å²) < 4.78 is 0. The fourth-order valence-corrected chi connectivity index (χ4v) is 1.90. The molecule has 3 N–H and O–H groups in total. The molecule has 0 bridgehead atoms. The molecule has 0 atom stereocenters. The predicted octanol–water partition coefficient (Wildman–Crippen LogP) is 1.93. The van der Waals surface area contributed by atoms with Gasteiger partial charge in [0.15, 0.2) is 0 Å². The monoisotopic (exact) mass is 331 g/mol. The average Bonchev–Trinajstić information content (AvgIpc) is 2.55. The Labute approximate surface area is 137 Å². The van der Waals surface area contributed by atoms with E-state index in [0.29, 0.717) is 16.1 Å². The minimum atomic E-state index is -0.472. The highest BCUT2D eigenvalue weighted by Crippen LogP contribution is 2.14. The molecule has 0 aliphatic rings. The molecule has 0 aliphatic heterocycles. The molecule has 0 aliphatic carbocycles. The van der Waals surface area contributed by atoms with Gasteiger partial charge in [-0.2, -0.15) is 5.10 Å². The molecular formula is C16H14ClN3O3. The van der Waals surface area contributed by atoms with Gasteiger partial charge >= 0.3 is 0 Å². The van der Waals surface area contributed by atoms with E-state index in [0.717, 1.165) is 0 Å². The molecule has 0 saturated heterocycles. The molecule has 118 valence electrons. The number of carbonyl (C=O) groups excluding carboxylic acids is 2. The van der Waals surface area contributed by atoms with Crippen molar-refractivity contribution >= 4 is 29.6 Å². The van der Waals surface area contributed by atoms with Crippen LogP contribution in [0.15, 0.2) is 53.6 Å². The summed E-state index contributed by atoms with van der Waals surface area (Å²) >= 11 is 5.89. The Kier molecular flexibility index (Phi) is 5.71. The summed E-state index contributed by atoms with van der Waals surface area (Å²) in [6.07, 6.45) is 1.42. The lowest BCUT2D eigenvalue weighted by molar-refractivity contribution is -0.120. The molecule has 7 heteroatoms. The molecule has 0 heterocycles. The van der Waals surface area contributed by atoms with Crippen LogP contribution in [0.3, 0.4) is 0 Å². The molecule has 2 aromatic carbocycles. The Balaban J connectivity index is 1.80. The number of hydrogen-bond donors (Lipinski definition) is 3. The number of carbonyl (C=O) groups is 2. The van der Waals surface area contributed by atoms with E-state index in [-0.39, 0.29) is 12.3 Å².